The lowest BCUT2D eigenvalue weighted by molar-refractivity contribution is -0.117. The zero-order valence-electron chi connectivity index (χ0n) is 10.6. The number of amides is 2. The van der Waals surface area contributed by atoms with Crippen LogP contribution in [-0.4, -0.2) is 36.9 Å². The van der Waals surface area contributed by atoms with Gasteiger partial charge in [0.2, 0.25) is 5.91 Å². The number of halogens is 1. The average molecular weight is 272 g/mol. The highest BCUT2D eigenvalue weighted by Gasteiger charge is 2.09. The molecular formula is C12H18ClN3O2. The van der Waals surface area contributed by atoms with Gasteiger partial charge in [-0.15, -0.1) is 12.4 Å². The van der Waals surface area contributed by atoms with E-state index in [1.54, 1.807) is 45.3 Å². The molecule has 0 aromatic heterocycles. The molecule has 1 aromatic carbocycles. The molecule has 3 N–H and O–H groups in total. The molecule has 1 aromatic rings. The summed E-state index contributed by atoms with van der Waals surface area (Å²) in [7, 11) is 3.38. The first-order valence-corrected chi connectivity index (χ1v) is 5.30. The van der Waals surface area contributed by atoms with E-state index in [1.807, 2.05) is 0 Å². The number of carbonyl (C=O) groups is 2. The third-order valence-corrected chi connectivity index (χ3v) is 2.22. The number of nitrogens with two attached hydrogens (primary N) is 1. The monoisotopic (exact) mass is 271 g/mol. The minimum absolute atomic E-state index is 0. The Morgan fingerprint density at radius 3 is 2.11 bits per heavy atom. The van der Waals surface area contributed by atoms with Crippen molar-refractivity contribution in [2.45, 2.75) is 13.0 Å². The third-order valence-electron chi connectivity index (χ3n) is 2.22. The Labute approximate surface area is 113 Å². The molecule has 6 heteroatoms. The Kier molecular flexibility index (Phi) is 6.36. The largest absolute Gasteiger partial charge is 0.345 e. The number of nitrogens with one attached hydrogen (secondary N) is 1. The number of nitrogens with zero attached hydrogens (tertiary/aromatic N) is 1. The number of benzene rings is 1. The maximum atomic E-state index is 11.6. The van der Waals surface area contributed by atoms with Gasteiger partial charge in [-0.2, -0.15) is 0 Å². The summed E-state index contributed by atoms with van der Waals surface area (Å²) < 4.78 is 0. The van der Waals surface area contributed by atoms with Crippen LogP contribution in [0.2, 0.25) is 0 Å². The lowest BCUT2D eigenvalue weighted by Gasteiger charge is -2.11. The van der Waals surface area contributed by atoms with Gasteiger partial charge in [-0.1, -0.05) is 0 Å². The van der Waals surface area contributed by atoms with Gasteiger partial charge in [0.25, 0.3) is 5.91 Å². The highest BCUT2D eigenvalue weighted by atomic mass is 35.5. The molecular weight excluding hydrogens is 254 g/mol. The van der Waals surface area contributed by atoms with Crippen LogP contribution < -0.4 is 11.1 Å². The van der Waals surface area contributed by atoms with E-state index in [0.29, 0.717) is 11.3 Å². The van der Waals surface area contributed by atoms with E-state index in [1.165, 1.54) is 4.90 Å². The van der Waals surface area contributed by atoms with Crippen molar-refractivity contribution in [1.82, 2.24) is 4.90 Å². The van der Waals surface area contributed by atoms with Gasteiger partial charge >= 0.3 is 0 Å². The lowest BCUT2D eigenvalue weighted by atomic mass is 10.2. The average Bonchev–Trinajstić information content (AvgIpc) is 2.28. The molecule has 5 nitrogen and oxygen atoms in total. The minimum atomic E-state index is -0.557. The summed E-state index contributed by atoms with van der Waals surface area (Å²) in [6.45, 7) is 1.61. The number of anilines is 1. The number of rotatable bonds is 3. The van der Waals surface area contributed by atoms with E-state index in [2.05, 4.69) is 5.32 Å². The van der Waals surface area contributed by atoms with Crippen LogP contribution in [0.4, 0.5) is 5.69 Å². The molecule has 100 valence electrons. The van der Waals surface area contributed by atoms with Crippen molar-refractivity contribution in [1.29, 1.82) is 0 Å². The molecule has 0 heterocycles. The van der Waals surface area contributed by atoms with Gasteiger partial charge in [0.05, 0.1) is 6.04 Å². The zero-order chi connectivity index (χ0) is 13.0. The standard InChI is InChI=1S/C12H17N3O2.ClH/c1-8(13)11(16)14-10-6-4-9(5-7-10)12(17)15(2)3;/h4-8H,13H2,1-3H3,(H,14,16);1H. The zero-order valence-corrected chi connectivity index (χ0v) is 11.5. The maximum absolute atomic E-state index is 11.6. The third kappa shape index (κ3) is 4.35. The fourth-order valence-electron chi connectivity index (χ4n) is 1.21. The first-order chi connectivity index (χ1) is 7.91. The Hall–Kier alpha value is -1.59. The normalized spacial score (nSPS) is 11.1. The first kappa shape index (κ1) is 16.4. The molecule has 0 saturated carbocycles. The second-order valence-electron chi connectivity index (χ2n) is 4.05. The molecule has 0 aliphatic carbocycles. The Balaban J connectivity index is 0.00000289. The van der Waals surface area contributed by atoms with E-state index >= 15 is 0 Å². The molecule has 0 spiro atoms. The van der Waals surface area contributed by atoms with Crippen LogP contribution in [0, 0.1) is 0 Å². The highest BCUT2D eigenvalue weighted by Crippen LogP contribution is 2.10. The summed E-state index contributed by atoms with van der Waals surface area (Å²) in [5.74, 6) is -0.327. The fraction of sp³-hybridized carbons (Fsp3) is 0.333. The van der Waals surface area contributed by atoms with E-state index in [9.17, 15) is 9.59 Å². The SMILES string of the molecule is CC(N)C(=O)Nc1ccc(C(=O)N(C)C)cc1.Cl. The van der Waals surface area contributed by atoms with Gasteiger partial charge in [0, 0.05) is 25.3 Å². The fourth-order valence-corrected chi connectivity index (χ4v) is 1.21. The van der Waals surface area contributed by atoms with Crippen LogP contribution in [0.25, 0.3) is 0 Å². The summed E-state index contributed by atoms with van der Waals surface area (Å²) in [6.07, 6.45) is 0. The van der Waals surface area contributed by atoms with E-state index < -0.39 is 6.04 Å². The predicted molar refractivity (Wildman–Crippen MR) is 74.0 cm³/mol. The number of hydrogen-bond acceptors (Lipinski definition) is 3. The second kappa shape index (κ2) is 6.98. The van der Waals surface area contributed by atoms with Crippen LogP contribution in [0.1, 0.15) is 17.3 Å². The molecule has 1 atom stereocenters. The maximum Gasteiger partial charge on any atom is 0.253 e. The Morgan fingerprint density at radius 2 is 1.72 bits per heavy atom. The molecule has 0 bridgehead atoms. The van der Waals surface area contributed by atoms with E-state index in [0.717, 1.165) is 0 Å². The molecule has 0 saturated heterocycles. The van der Waals surface area contributed by atoms with Crippen LogP contribution in [0.15, 0.2) is 24.3 Å². The van der Waals surface area contributed by atoms with Crippen LogP contribution in [-0.2, 0) is 4.79 Å². The summed E-state index contributed by atoms with van der Waals surface area (Å²) >= 11 is 0. The molecule has 1 rings (SSSR count). The quantitative estimate of drug-likeness (QED) is 0.864. The van der Waals surface area contributed by atoms with Gasteiger partial charge in [-0.3, -0.25) is 9.59 Å². The molecule has 1 unspecified atom stereocenters. The van der Waals surface area contributed by atoms with Gasteiger partial charge < -0.3 is 16.0 Å². The molecule has 0 aliphatic heterocycles. The van der Waals surface area contributed by atoms with Gasteiger partial charge in [0.1, 0.15) is 0 Å². The van der Waals surface area contributed by atoms with Crippen LogP contribution in [0.3, 0.4) is 0 Å². The van der Waals surface area contributed by atoms with Crippen molar-refractivity contribution in [2.24, 2.45) is 5.73 Å². The molecule has 0 fully saturated rings. The molecule has 2 amide bonds. The Morgan fingerprint density at radius 1 is 1.22 bits per heavy atom. The Bertz CT molecular complexity index is 416. The van der Waals surface area contributed by atoms with Crippen LogP contribution in [0.5, 0.6) is 0 Å². The predicted octanol–water partition coefficient (Wildman–Crippen LogP) is 1.10. The second-order valence-corrected chi connectivity index (χ2v) is 4.05. The summed E-state index contributed by atoms with van der Waals surface area (Å²) in [5.41, 5.74) is 6.63. The molecule has 18 heavy (non-hydrogen) atoms. The van der Waals surface area contributed by atoms with Crippen molar-refractivity contribution >= 4 is 29.9 Å². The number of hydrogen-bond donors (Lipinski definition) is 2. The molecule has 0 radical (unpaired) electrons. The first-order valence-electron chi connectivity index (χ1n) is 5.30. The van der Waals surface area contributed by atoms with Gasteiger partial charge in [0.15, 0.2) is 0 Å². The lowest BCUT2D eigenvalue weighted by Crippen LogP contribution is -2.32. The van der Waals surface area contributed by atoms with Gasteiger partial charge in [-0.25, -0.2) is 0 Å². The van der Waals surface area contributed by atoms with Crippen LogP contribution >= 0.6 is 12.4 Å². The number of carbonyl (C=O) groups excluding carboxylic acids is 2. The minimum Gasteiger partial charge on any atom is -0.345 e. The summed E-state index contributed by atoms with van der Waals surface area (Å²) in [6, 6.07) is 6.13. The highest BCUT2D eigenvalue weighted by molar-refractivity contribution is 5.96. The van der Waals surface area contributed by atoms with Gasteiger partial charge in [-0.05, 0) is 31.2 Å². The topological polar surface area (TPSA) is 75.4 Å². The van der Waals surface area contributed by atoms with Crippen molar-refractivity contribution in [3.63, 3.8) is 0 Å². The van der Waals surface area contributed by atoms with Crippen molar-refractivity contribution in [3.05, 3.63) is 29.8 Å². The van der Waals surface area contributed by atoms with E-state index in [4.69, 9.17) is 5.73 Å². The van der Waals surface area contributed by atoms with Crippen molar-refractivity contribution in [2.75, 3.05) is 19.4 Å². The molecule has 0 aliphatic rings. The van der Waals surface area contributed by atoms with Crippen molar-refractivity contribution in [3.8, 4) is 0 Å². The summed E-state index contributed by atoms with van der Waals surface area (Å²) in [4.78, 5) is 24.4. The van der Waals surface area contributed by atoms with Crippen molar-refractivity contribution < 1.29 is 9.59 Å². The summed E-state index contributed by atoms with van der Waals surface area (Å²) in [5, 5.41) is 2.65. The van der Waals surface area contributed by atoms with E-state index in [-0.39, 0.29) is 24.2 Å². The smallest absolute Gasteiger partial charge is 0.253 e.